The van der Waals surface area contributed by atoms with Crippen molar-refractivity contribution in [1.29, 1.82) is 0 Å². The van der Waals surface area contributed by atoms with Crippen molar-refractivity contribution in [2.75, 3.05) is 0 Å². The van der Waals surface area contributed by atoms with Crippen molar-refractivity contribution < 1.29 is 0 Å². The van der Waals surface area contributed by atoms with Crippen molar-refractivity contribution in [2.45, 2.75) is 40.0 Å². The van der Waals surface area contributed by atoms with Crippen molar-refractivity contribution in [3.63, 3.8) is 0 Å². The summed E-state index contributed by atoms with van der Waals surface area (Å²) in [5, 5.41) is 0. The maximum Gasteiger partial charge on any atom is -0.0351 e. The number of rotatable bonds is 5. The molecule has 2 atom stereocenters. The largest absolute Gasteiger partial charge is 0.0917 e. The minimum absolute atomic E-state index is 0.598. The lowest BCUT2D eigenvalue weighted by Gasteiger charge is -2.13. The molecule has 1 radical (unpaired) electrons. The lowest BCUT2D eigenvalue weighted by Crippen LogP contribution is -2.03. The monoisotopic (exact) mass is 153 g/mol. The number of hydrogen-bond acceptors (Lipinski definition) is 0. The first kappa shape index (κ1) is 10.7. The molecule has 0 aliphatic rings. The molecule has 0 rings (SSSR count). The Morgan fingerprint density at radius 2 is 2.00 bits per heavy atom. The molecule has 11 heavy (non-hydrogen) atoms. The first-order chi connectivity index (χ1) is 5.18. The molecule has 0 N–H and O–H groups in total. The molecule has 0 heteroatoms. The zero-order valence-corrected chi connectivity index (χ0v) is 8.14. The van der Waals surface area contributed by atoms with Gasteiger partial charge in [-0.25, -0.2) is 0 Å². The van der Waals surface area contributed by atoms with Crippen LogP contribution in [0.1, 0.15) is 40.0 Å². The maximum atomic E-state index is 4.02. The highest BCUT2D eigenvalue weighted by Crippen LogP contribution is 2.16. The number of allylic oxidation sites excluding steroid dienone is 2. The van der Waals surface area contributed by atoms with Crippen molar-refractivity contribution >= 4 is 0 Å². The van der Waals surface area contributed by atoms with Crippen molar-refractivity contribution in [1.82, 2.24) is 0 Å². The summed E-state index contributed by atoms with van der Waals surface area (Å²) in [5.41, 5.74) is 0. The standard InChI is InChI=1S/C11H21/c1-5-6-7-8-9-11(4)10(2)3/h5-6,10-11H,2,7-9H2,1,3-4H3. The average Bonchev–Trinajstić information content (AvgIpc) is 1.97. The summed E-state index contributed by atoms with van der Waals surface area (Å²) >= 11 is 0. The van der Waals surface area contributed by atoms with Crippen LogP contribution < -0.4 is 0 Å². The van der Waals surface area contributed by atoms with E-state index in [1.54, 1.807) is 0 Å². The van der Waals surface area contributed by atoms with Gasteiger partial charge in [0.1, 0.15) is 0 Å². The minimum Gasteiger partial charge on any atom is -0.0917 e. The predicted molar refractivity (Wildman–Crippen MR) is 52.4 cm³/mol. The van der Waals surface area contributed by atoms with Gasteiger partial charge in [-0.15, -0.1) is 0 Å². The molecular formula is C11H21. The summed E-state index contributed by atoms with van der Waals surface area (Å²) in [6, 6.07) is 0. The van der Waals surface area contributed by atoms with Crippen molar-refractivity contribution in [3.05, 3.63) is 19.1 Å². The molecule has 2 unspecified atom stereocenters. The molecule has 0 aromatic heterocycles. The van der Waals surface area contributed by atoms with Gasteiger partial charge in [-0.3, -0.25) is 0 Å². The molecule has 0 bridgehead atoms. The smallest absolute Gasteiger partial charge is 0.0351 e. The Kier molecular flexibility index (Phi) is 6.30. The second kappa shape index (κ2) is 6.45. The van der Waals surface area contributed by atoms with Crippen molar-refractivity contribution in [3.8, 4) is 0 Å². The van der Waals surface area contributed by atoms with Crippen LogP contribution in [0.25, 0.3) is 0 Å². The van der Waals surface area contributed by atoms with E-state index in [-0.39, 0.29) is 0 Å². The van der Waals surface area contributed by atoms with Crippen LogP contribution in [-0.2, 0) is 0 Å². The van der Waals surface area contributed by atoms with Crippen LogP contribution in [0.5, 0.6) is 0 Å². The lowest BCUT2D eigenvalue weighted by molar-refractivity contribution is 0.414. The number of hydrogen-bond donors (Lipinski definition) is 0. The Balaban J connectivity index is 3.24. The third kappa shape index (κ3) is 6.15. The molecule has 0 aliphatic heterocycles. The molecule has 0 spiro atoms. The van der Waals surface area contributed by atoms with Gasteiger partial charge in [0.25, 0.3) is 0 Å². The molecule has 0 saturated carbocycles. The Morgan fingerprint density at radius 3 is 2.45 bits per heavy atom. The van der Waals surface area contributed by atoms with Crippen LogP contribution in [0, 0.1) is 18.8 Å². The predicted octanol–water partition coefficient (Wildman–Crippen LogP) is 3.84. The van der Waals surface area contributed by atoms with Gasteiger partial charge < -0.3 is 0 Å². The third-order valence-electron chi connectivity index (χ3n) is 2.24. The van der Waals surface area contributed by atoms with E-state index in [1.165, 1.54) is 19.3 Å². The summed E-state index contributed by atoms with van der Waals surface area (Å²) in [5.74, 6) is 1.38. The fourth-order valence-corrected chi connectivity index (χ4v) is 1.01. The van der Waals surface area contributed by atoms with E-state index >= 15 is 0 Å². The summed E-state index contributed by atoms with van der Waals surface area (Å²) in [6.45, 7) is 10.6. The van der Waals surface area contributed by atoms with E-state index in [4.69, 9.17) is 0 Å². The maximum absolute atomic E-state index is 4.02. The fraction of sp³-hybridized carbons (Fsp3) is 0.727. The SMILES string of the molecule is [CH2]C(C)C(C)CCCC=CC. The lowest BCUT2D eigenvalue weighted by atomic mass is 9.93. The van der Waals surface area contributed by atoms with Gasteiger partial charge >= 0.3 is 0 Å². The molecule has 0 fully saturated rings. The first-order valence-electron chi connectivity index (χ1n) is 4.62. The molecule has 65 valence electrons. The second-order valence-electron chi connectivity index (χ2n) is 3.45. The Bertz CT molecular complexity index is 101. The van der Waals surface area contributed by atoms with Crippen molar-refractivity contribution in [2.24, 2.45) is 11.8 Å². The van der Waals surface area contributed by atoms with Crippen LogP contribution in [0.4, 0.5) is 0 Å². The molecule has 0 nitrogen and oxygen atoms in total. The Labute approximate surface area is 71.7 Å². The van der Waals surface area contributed by atoms with Gasteiger partial charge in [0.05, 0.1) is 0 Å². The molecule has 0 aromatic carbocycles. The highest BCUT2D eigenvalue weighted by Gasteiger charge is 2.04. The third-order valence-corrected chi connectivity index (χ3v) is 2.24. The summed E-state index contributed by atoms with van der Waals surface area (Å²) in [7, 11) is 0. The summed E-state index contributed by atoms with van der Waals surface area (Å²) in [4.78, 5) is 0. The Hall–Kier alpha value is -0.260. The van der Waals surface area contributed by atoms with Gasteiger partial charge in [-0.05, 0) is 31.6 Å². The summed E-state index contributed by atoms with van der Waals surface area (Å²) in [6.07, 6.45) is 8.21. The zero-order valence-electron chi connectivity index (χ0n) is 8.14. The Morgan fingerprint density at radius 1 is 1.36 bits per heavy atom. The fourth-order valence-electron chi connectivity index (χ4n) is 1.01. The minimum atomic E-state index is 0.598. The molecule has 0 heterocycles. The van der Waals surface area contributed by atoms with E-state index in [0.29, 0.717) is 5.92 Å². The highest BCUT2D eigenvalue weighted by molar-refractivity contribution is 4.77. The van der Waals surface area contributed by atoms with Crippen LogP contribution in [-0.4, -0.2) is 0 Å². The quantitative estimate of drug-likeness (QED) is 0.416. The summed E-state index contributed by atoms with van der Waals surface area (Å²) < 4.78 is 0. The van der Waals surface area contributed by atoms with Gasteiger partial charge in [0.15, 0.2) is 0 Å². The van der Waals surface area contributed by atoms with Crippen LogP contribution in [0.15, 0.2) is 12.2 Å². The molecule has 0 aliphatic carbocycles. The van der Waals surface area contributed by atoms with Crippen LogP contribution >= 0.6 is 0 Å². The van der Waals surface area contributed by atoms with Gasteiger partial charge in [0, 0.05) is 0 Å². The van der Waals surface area contributed by atoms with Gasteiger partial charge in [0.2, 0.25) is 0 Å². The van der Waals surface area contributed by atoms with E-state index in [9.17, 15) is 0 Å². The first-order valence-corrected chi connectivity index (χ1v) is 4.62. The van der Waals surface area contributed by atoms with Gasteiger partial charge in [-0.2, -0.15) is 0 Å². The number of unbranched alkanes of at least 4 members (excludes halogenated alkanes) is 1. The molecule has 0 saturated heterocycles. The zero-order chi connectivity index (χ0) is 8.69. The van der Waals surface area contributed by atoms with E-state index in [1.807, 2.05) is 0 Å². The second-order valence-corrected chi connectivity index (χ2v) is 3.45. The van der Waals surface area contributed by atoms with E-state index < -0.39 is 0 Å². The highest BCUT2D eigenvalue weighted by atomic mass is 14.1. The average molecular weight is 153 g/mol. The normalized spacial score (nSPS) is 14.6. The molecule has 0 amide bonds. The van der Waals surface area contributed by atoms with E-state index in [2.05, 4.69) is 39.8 Å². The molecule has 0 aromatic rings. The molecular weight excluding hydrogens is 132 g/mol. The topological polar surface area (TPSA) is 0 Å². The van der Waals surface area contributed by atoms with Gasteiger partial charge in [-0.1, -0.05) is 39.3 Å². The van der Waals surface area contributed by atoms with Crippen LogP contribution in [0.2, 0.25) is 0 Å². The van der Waals surface area contributed by atoms with Crippen LogP contribution in [0.3, 0.4) is 0 Å². The van der Waals surface area contributed by atoms with E-state index in [0.717, 1.165) is 5.92 Å².